The van der Waals surface area contributed by atoms with Gasteiger partial charge in [-0.1, -0.05) is 23.7 Å². The number of hydrogen-bond donors (Lipinski definition) is 0. The highest BCUT2D eigenvalue weighted by Crippen LogP contribution is 2.26. The number of halogens is 1. The van der Waals surface area contributed by atoms with Crippen molar-refractivity contribution in [3.63, 3.8) is 0 Å². The van der Waals surface area contributed by atoms with Gasteiger partial charge in [0, 0.05) is 0 Å². The predicted octanol–water partition coefficient (Wildman–Crippen LogP) is 2.84. The zero-order chi connectivity index (χ0) is 10.8. The van der Waals surface area contributed by atoms with Crippen molar-refractivity contribution in [3.05, 3.63) is 41.2 Å². The molecule has 0 aliphatic rings. The Kier molecular flexibility index (Phi) is 2.64. The van der Waals surface area contributed by atoms with Crippen molar-refractivity contribution in [2.45, 2.75) is 6.92 Å². The molecule has 1 aromatic carbocycles. The summed E-state index contributed by atoms with van der Waals surface area (Å²) in [5.41, 5.74) is 2.10. The minimum Gasteiger partial charge on any atom is -0.492 e. The van der Waals surface area contributed by atoms with Crippen LogP contribution >= 0.6 is 11.6 Å². The molecule has 15 heavy (non-hydrogen) atoms. The lowest BCUT2D eigenvalue weighted by Gasteiger charge is -2.04. The molecular weight excluding hydrogens is 212 g/mol. The van der Waals surface area contributed by atoms with E-state index in [0.29, 0.717) is 10.9 Å². The number of nitrogens with zero attached hydrogens (tertiary/aromatic N) is 2. The molecule has 1 aromatic heterocycles. The first kappa shape index (κ1) is 10.1. The summed E-state index contributed by atoms with van der Waals surface area (Å²) in [6.45, 7) is 2.03. The van der Waals surface area contributed by atoms with Crippen LogP contribution in [0.15, 0.2) is 30.5 Å². The van der Waals surface area contributed by atoms with Crippen molar-refractivity contribution in [2.24, 2.45) is 0 Å². The third-order valence-electron chi connectivity index (χ3n) is 2.15. The normalized spacial score (nSPS) is 10.3. The molecule has 2 rings (SSSR count). The van der Waals surface area contributed by atoms with Crippen LogP contribution in [0.5, 0.6) is 5.75 Å². The molecule has 0 atom stereocenters. The van der Waals surface area contributed by atoms with Gasteiger partial charge in [-0.25, -0.2) is 4.68 Å². The van der Waals surface area contributed by atoms with E-state index >= 15 is 0 Å². The summed E-state index contributed by atoms with van der Waals surface area (Å²) in [4.78, 5) is 0. The molecule has 0 fully saturated rings. The maximum absolute atomic E-state index is 6.09. The van der Waals surface area contributed by atoms with E-state index < -0.39 is 0 Å². The van der Waals surface area contributed by atoms with Crippen LogP contribution in [0.25, 0.3) is 5.69 Å². The molecule has 1 heterocycles. The van der Waals surface area contributed by atoms with Crippen molar-refractivity contribution in [1.82, 2.24) is 9.78 Å². The lowest BCUT2D eigenvalue weighted by atomic mass is 10.2. The molecule has 0 bridgehead atoms. The van der Waals surface area contributed by atoms with Gasteiger partial charge in [-0.15, -0.1) is 0 Å². The van der Waals surface area contributed by atoms with Gasteiger partial charge in [0.15, 0.2) is 10.9 Å². The molecule has 0 radical (unpaired) electrons. The zero-order valence-corrected chi connectivity index (χ0v) is 9.32. The monoisotopic (exact) mass is 222 g/mol. The summed E-state index contributed by atoms with van der Waals surface area (Å²) in [6.07, 6.45) is 1.60. The average Bonchev–Trinajstić information content (AvgIpc) is 2.59. The summed E-state index contributed by atoms with van der Waals surface area (Å²) in [6, 6.07) is 7.96. The van der Waals surface area contributed by atoms with E-state index in [0.717, 1.165) is 11.3 Å². The lowest BCUT2D eigenvalue weighted by Crippen LogP contribution is -1.96. The first-order valence-electron chi connectivity index (χ1n) is 4.57. The summed E-state index contributed by atoms with van der Waals surface area (Å²) in [5.74, 6) is 0.582. The molecule has 0 spiro atoms. The van der Waals surface area contributed by atoms with Crippen molar-refractivity contribution in [1.29, 1.82) is 0 Å². The van der Waals surface area contributed by atoms with Crippen LogP contribution in [0.4, 0.5) is 0 Å². The smallest absolute Gasteiger partial charge is 0.176 e. The van der Waals surface area contributed by atoms with Crippen molar-refractivity contribution in [2.75, 3.05) is 7.11 Å². The highest BCUT2D eigenvalue weighted by atomic mass is 35.5. The van der Waals surface area contributed by atoms with Crippen molar-refractivity contribution >= 4 is 11.6 Å². The van der Waals surface area contributed by atoms with E-state index in [-0.39, 0.29) is 0 Å². The number of rotatable bonds is 2. The van der Waals surface area contributed by atoms with Crippen molar-refractivity contribution < 1.29 is 4.74 Å². The Morgan fingerprint density at radius 3 is 2.80 bits per heavy atom. The standard InChI is InChI=1S/C11H11ClN2O/c1-8-4-3-5-9(6-8)14-11(12)10(15-2)7-13-14/h3-7H,1-2H3. The van der Waals surface area contributed by atoms with Gasteiger partial charge in [-0.3, -0.25) is 0 Å². The zero-order valence-electron chi connectivity index (χ0n) is 8.57. The van der Waals surface area contributed by atoms with E-state index in [2.05, 4.69) is 5.10 Å². The van der Waals surface area contributed by atoms with Crippen LogP contribution in [0.1, 0.15) is 5.56 Å². The van der Waals surface area contributed by atoms with Gasteiger partial charge in [0.05, 0.1) is 19.0 Å². The summed E-state index contributed by atoms with van der Waals surface area (Å²) in [5, 5.41) is 4.65. The van der Waals surface area contributed by atoms with Gasteiger partial charge < -0.3 is 4.74 Å². The van der Waals surface area contributed by atoms with E-state index in [4.69, 9.17) is 16.3 Å². The first-order chi connectivity index (χ1) is 7.22. The largest absolute Gasteiger partial charge is 0.492 e. The van der Waals surface area contributed by atoms with Crippen LogP contribution < -0.4 is 4.74 Å². The number of aromatic nitrogens is 2. The van der Waals surface area contributed by atoms with E-state index in [1.165, 1.54) is 0 Å². The van der Waals surface area contributed by atoms with Gasteiger partial charge >= 0.3 is 0 Å². The SMILES string of the molecule is COc1cnn(-c2cccc(C)c2)c1Cl. The molecule has 3 nitrogen and oxygen atoms in total. The second-order valence-electron chi connectivity index (χ2n) is 3.25. The summed E-state index contributed by atoms with van der Waals surface area (Å²) in [7, 11) is 1.57. The molecule has 0 amide bonds. The van der Waals surface area contributed by atoms with Gasteiger partial charge in [0.2, 0.25) is 0 Å². The van der Waals surface area contributed by atoms with Crippen LogP contribution in [-0.2, 0) is 0 Å². The highest BCUT2D eigenvalue weighted by molar-refractivity contribution is 6.31. The van der Waals surface area contributed by atoms with Crippen LogP contribution in [0, 0.1) is 6.92 Å². The number of aryl methyl sites for hydroxylation is 1. The fraction of sp³-hybridized carbons (Fsp3) is 0.182. The Balaban J connectivity index is 2.49. The van der Waals surface area contributed by atoms with Gasteiger partial charge in [-0.2, -0.15) is 5.10 Å². The Bertz CT molecular complexity index is 479. The Hall–Kier alpha value is -1.48. The molecule has 0 N–H and O–H groups in total. The molecular formula is C11H11ClN2O. The second kappa shape index (κ2) is 3.95. The fourth-order valence-corrected chi connectivity index (χ4v) is 1.66. The van der Waals surface area contributed by atoms with Crippen molar-refractivity contribution in [3.8, 4) is 11.4 Å². The van der Waals surface area contributed by atoms with Crippen LogP contribution in [0.2, 0.25) is 5.15 Å². The maximum atomic E-state index is 6.09. The molecule has 78 valence electrons. The molecule has 0 aliphatic carbocycles. The minimum atomic E-state index is 0.489. The lowest BCUT2D eigenvalue weighted by molar-refractivity contribution is 0.415. The van der Waals surface area contributed by atoms with E-state index in [1.807, 2.05) is 31.2 Å². The summed E-state index contributed by atoms with van der Waals surface area (Å²) < 4.78 is 6.71. The van der Waals surface area contributed by atoms with Gasteiger partial charge in [-0.05, 0) is 24.6 Å². The molecule has 4 heteroatoms. The molecule has 0 saturated carbocycles. The third kappa shape index (κ3) is 1.83. The summed E-state index contributed by atoms with van der Waals surface area (Å²) >= 11 is 6.09. The minimum absolute atomic E-state index is 0.489. The molecule has 0 aliphatic heterocycles. The highest BCUT2D eigenvalue weighted by Gasteiger charge is 2.09. The molecule has 2 aromatic rings. The predicted molar refractivity (Wildman–Crippen MR) is 59.9 cm³/mol. The number of hydrogen-bond acceptors (Lipinski definition) is 2. The van der Waals surface area contributed by atoms with E-state index in [1.54, 1.807) is 18.0 Å². The maximum Gasteiger partial charge on any atom is 0.176 e. The molecule has 0 saturated heterocycles. The topological polar surface area (TPSA) is 27.1 Å². The Morgan fingerprint density at radius 2 is 2.20 bits per heavy atom. The third-order valence-corrected chi connectivity index (χ3v) is 2.49. The van der Waals surface area contributed by atoms with E-state index in [9.17, 15) is 0 Å². The fourth-order valence-electron chi connectivity index (χ4n) is 1.40. The Labute approximate surface area is 93.2 Å². The number of methoxy groups -OCH3 is 1. The number of ether oxygens (including phenoxy) is 1. The number of benzene rings is 1. The van der Waals surface area contributed by atoms with Gasteiger partial charge in [0.25, 0.3) is 0 Å². The Morgan fingerprint density at radius 1 is 1.40 bits per heavy atom. The molecule has 0 unspecified atom stereocenters. The average molecular weight is 223 g/mol. The first-order valence-corrected chi connectivity index (χ1v) is 4.94. The van der Waals surface area contributed by atoms with Gasteiger partial charge in [0.1, 0.15) is 0 Å². The van der Waals surface area contributed by atoms with Crippen LogP contribution in [-0.4, -0.2) is 16.9 Å². The van der Waals surface area contributed by atoms with Crippen LogP contribution in [0.3, 0.4) is 0 Å². The second-order valence-corrected chi connectivity index (χ2v) is 3.61. The quantitative estimate of drug-likeness (QED) is 0.781.